The topological polar surface area (TPSA) is 69.4 Å². The van der Waals surface area contributed by atoms with Crippen LogP contribution in [0.1, 0.15) is 15.9 Å². The molecule has 21 heavy (non-hydrogen) atoms. The molecule has 0 aliphatic rings. The first-order valence-electron chi connectivity index (χ1n) is 5.81. The average molecular weight is 354 g/mol. The highest BCUT2D eigenvalue weighted by atomic mass is 79.9. The maximum Gasteiger partial charge on any atom is 0.277 e. The first-order valence-corrected chi connectivity index (χ1v) is 6.61. The Morgan fingerprint density at radius 1 is 1.29 bits per heavy atom. The fraction of sp³-hybridized carbons (Fsp3) is 0.0714. The molecule has 0 radical (unpaired) electrons. The number of carbonyl (C=O) groups excluding carboxylic acids is 1. The maximum absolute atomic E-state index is 13.6. The van der Waals surface area contributed by atoms with Crippen molar-refractivity contribution >= 4 is 27.9 Å². The van der Waals surface area contributed by atoms with Crippen LogP contribution in [-0.2, 0) is 6.61 Å². The number of carbonyl (C=O) groups is 1. The van der Waals surface area contributed by atoms with E-state index in [1.54, 1.807) is 6.07 Å². The zero-order valence-electron chi connectivity index (χ0n) is 10.6. The van der Waals surface area contributed by atoms with E-state index in [0.29, 0.717) is 16.3 Å². The van der Waals surface area contributed by atoms with Gasteiger partial charge in [0.05, 0.1) is 10.5 Å². The minimum atomic E-state index is -0.695. The lowest BCUT2D eigenvalue weighted by Crippen LogP contribution is -2.02. The highest BCUT2D eigenvalue weighted by Crippen LogP contribution is 2.26. The first-order chi connectivity index (χ1) is 10.0. The van der Waals surface area contributed by atoms with Crippen LogP contribution in [0, 0.1) is 15.9 Å². The minimum absolute atomic E-state index is 0.0715. The molecule has 0 aliphatic heterocycles. The van der Waals surface area contributed by atoms with Gasteiger partial charge in [-0.1, -0.05) is 15.9 Å². The number of nitrogens with zero attached hydrogens (tertiary/aromatic N) is 1. The summed E-state index contributed by atoms with van der Waals surface area (Å²) >= 11 is 3.15. The molecule has 108 valence electrons. The Kier molecular flexibility index (Phi) is 4.64. The van der Waals surface area contributed by atoms with E-state index >= 15 is 0 Å². The van der Waals surface area contributed by atoms with Crippen LogP contribution in [0.25, 0.3) is 0 Å². The molecule has 0 aromatic heterocycles. The molecular weight excluding hydrogens is 345 g/mol. The zero-order valence-corrected chi connectivity index (χ0v) is 12.2. The summed E-state index contributed by atoms with van der Waals surface area (Å²) in [7, 11) is 0. The highest BCUT2D eigenvalue weighted by Gasteiger charge is 2.15. The molecular formula is C14H9BrFNO4. The largest absolute Gasteiger partial charge is 0.486 e. The van der Waals surface area contributed by atoms with E-state index < -0.39 is 10.7 Å². The highest BCUT2D eigenvalue weighted by molar-refractivity contribution is 9.10. The van der Waals surface area contributed by atoms with E-state index in [1.165, 1.54) is 24.3 Å². The molecule has 5 nitrogen and oxygen atoms in total. The molecule has 2 aromatic carbocycles. The second-order valence-corrected chi connectivity index (χ2v) is 5.04. The van der Waals surface area contributed by atoms with Crippen molar-refractivity contribution in [2.24, 2.45) is 0 Å². The van der Waals surface area contributed by atoms with Crippen molar-refractivity contribution in [2.45, 2.75) is 6.61 Å². The fourth-order valence-corrected chi connectivity index (χ4v) is 2.04. The normalized spacial score (nSPS) is 10.2. The van der Waals surface area contributed by atoms with Gasteiger partial charge < -0.3 is 4.74 Å². The van der Waals surface area contributed by atoms with Crippen LogP contribution in [0.3, 0.4) is 0 Å². The summed E-state index contributed by atoms with van der Waals surface area (Å²) in [6.07, 6.45) is 0.520. The van der Waals surface area contributed by atoms with Gasteiger partial charge in [-0.05, 0) is 30.3 Å². The van der Waals surface area contributed by atoms with Crippen LogP contribution in [0.4, 0.5) is 10.1 Å². The van der Waals surface area contributed by atoms with Crippen molar-refractivity contribution in [3.8, 4) is 5.75 Å². The maximum atomic E-state index is 13.6. The standard InChI is InChI=1S/C14H9BrFNO4/c15-11-3-2-10(13(6-11)17(19)20)8-21-14-4-1-9(7-18)5-12(14)16/h1-7H,8H2. The van der Waals surface area contributed by atoms with Gasteiger partial charge in [0.25, 0.3) is 5.69 Å². The molecule has 2 aromatic rings. The molecule has 0 saturated heterocycles. The quantitative estimate of drug-likeness (QED) is 0.464. The Hall–Kier alpha value is -2.28. The Morgan fingerprint density at radius 2 is 2.05 bits per heavy atom. The van der Waals surface area contributed by atoms with Crippen molar-refractivity contribution < 1.29 is 18.8 Å². The van der Waals surface area contributed by atoms with Crippen LogP contribution in [0.15, 0.2) is 40.9 Å². The molecule has 0 fully saturated rings. The van der Waals surface area contributed by atoms with Gasteiger partial charge in [-0.15, -0.1) is 0 Å². The summed E-state index contributed by atoms with van der Waals surface area (Å²) in [6, 6.07) is 8.27. The SMILES string of the molecule is O=Cc1ccc(OCc2ccc(Br)cc2[N+](=O)[O-])c(F)c1. The van der Waals surface area contributed by atoms with E-state index in [1.807, 2.05) is 0 Å². The second kappa shape index (κ2) is 6.45. The lowest BCUT2D eigenvalue weighted by Gasteiger charge is -2.08. The van der Waals surface area contributed by atoms with E-state index in [-0.39, 0.29) is 23.6 Å². The minimum Gasteiger partial charge on any atom is -0.486 e. The van der Waals surface area contributed by atoms with Crippen molar-refractivity contribution in [1.82, 2.24) is 0 Å². The lowest BCUT2D eigenvalue weighted by atomic mass is 10.2. The average Bonchev–Trinajstić information content (AvgIpc) is 2.46. The number of hydrogen-bond acceptors (Lipinski definition) is 4. The van der Waals surface area contributed by atoms with Crippen molar-refractivity contribution in [1.29, 1.82) is 0 Å². The Labute approximate surface area is 127 Å². The third-order valence-electron chi connectivity index (χ3n) is 2.72. The number of benzene rings is 2. The van der Waals surface area contributed by atoms with Gasteiger partial charge in [-0.3, -0.25) is 14.9 Å². The van der Waals surface area contributed by atoms with Gasteiger partial charge >= 0.3 is 0 Å². The summed E-state index contributed by atoms with van der Waals surface area (Å²) in [4.78, 5) is 20.9. The van der Waals surface area contributed by atoms with Gasteiger partial charge in [0.1, 0.15) is 12.9 Å². The predicted octanol–water partition coefficient (Wildman–Crippen LogP) is 3.89. The Bertz CT molecular complexity index is 705. The van der Waals surface area contributed by atoms with Crippen molar-refractivity contribution in [2.75, 3.05) is 0 Å². The van der Waals surface area contributed by atoms with Crippen molar-refractivity contribution in [3.63, 3.8) is 0 Å². The van der Waals surface area contributed by atoms with Gasteiger partial charge in [0.2, 0.25) is 0 Å². The van der Waals surface area contributed by atoms with Gasteiger partial charge in [0, 0.05) is 16.1 Å². The number of nitro groups is 1. The molecule has 0 N–H and O–H groups in total. The van der Waals surface area contributed by atoms with E-state index in [0.717, 1.165) is 6.07 Å². The number of rotatable bonds is 5. The fourth-order valence-electron chi connectivity index (χ4n) is 1.69. The van der Waals surface area contributed by atoms with Crippen LogP contribution in [0.2, 0.25) is 0 Å². The molecule has 0 saturated carbocycles. The van der Waals surface area contributed by atoms with Crippen LogP contribution in [-0.4, -0.2) is 11.2 Å². The van der Waals surface area contributed by atoms with Crippen LogP contribution in [0.5, 0.6) is 5.75 Å². The number of ether oxygens (including phenoxy) is 1. The summed E-state index contributed by atoms with van der Waals surface area (Å²) in [5.74, 6) is -0.766. The van der Waals surface area contributed by atoms with E-state index in [2.05, 4.69) is 15.9 Å². The van der Waals surface area contributed by atoms with E-state index in [4.69, 9.17) is 4.74 Å². The molecule has 0 unspecified atom stereocenters. The van der Waals surface area contributed by atoms with Gasteiger partial charge in [-0.2, -0.15) is 0 Å². The zero-order chi connectivity index (χ0) is 15.4. The Balaban J connectivity index is 2.20. The molecule has 0 aliphatic carbocycles. The van der Waals surface area contributed by atoms with Crippen LogP contribution >= 0.6 is 15.9 Å². The smallest absolute Gasteiger partial charge is 0.277 e. The molecule has 2 rings (SSSR count). The van der Waals surface area contributed by atoms with Gasteiger partial charge in [0.15, 0.2) is 11.6 Å². The third kappa shape index (κ3) is 3.63. The first kappa shape index (κ1) is 15.1. The summed E-state index contributed by atoms with van der Waals surface area (Å²) < 4.78 is 19.4. The molecule has 7 heteroatoms. The number of aldehydes is 1. The van der Waals surface area contributed by atoms with Gasteiger partial charge in [-0.25, -0.2) is 4.39 Å². The number of nitro benzene ring substituents is 1. The Morgan fingerprint density at radius 3 is 2.67 bits per heavy atom. The van der Waals surface area contributed by atoms with Crippen LogP contribution < -0.4 is 4.74 Å². The molecule has 0 amide bonds. The predicted molar refractivity (Wildman–Crippen MR) is 76.9 cm³/mol. The second-order valence-electron chi connectivity index (χ2n) is 4.13. The molecule has 0 heterocycles. The molecule has 0 spiro atoms. The summed E-state index contributed by atoms with van der Waals surface area (Å²) in [5, 5.41) is 11.0. The summed E-state index contributed by atoms with van der Waals surface area (Å²) in [6.45, 7) is -0.152. The summed E-state index contributed by atoms with van der Waals surface area (Å²) in [5.41, 5.74) is 0.394. The third-order valence-corrected chi connectivity index (χ3v) is 3.21. The number of halogens is 2. The number of hydrogen-bond donors (Lipinski definition) is 0. The lowest BCUT2D eigenvalue weighted by molar-refractivity contribution is -0.385. The van der Waals surface area contributed by atoms with Crippen molar-refractivity contribution in [3.05, 3.63) is 67.9 Å². The molecule has 0 bridgehead atoms. The monoisotopic (exact) mass is 353 g/mol. The molecule has 0 atom stereocenters. The van der Waals surface area contributed by atoms with E-state index in [9.17, 15) is 19.3 Å².